The first-order chi connectivity index (χ1) is 9.97. The smallest absolute Gasteiger partial charge is 0.335 e. The molecule has 2 N–H and O–H groups in total. The van der Waals surface area contributed by atoms with E-state index in [-0.39, 0.29) is 23.5 Å². The molecule has 21 heavy (non-hydrogen) atoms. The van der Waals surface area contributed by atoms with E-state index in [0.717, 1.165) is 18.2 Å². The second-order valence-electron chi connectivity index (χ2n) is 4.28. The van der Waals surface area contributed by atoms with Crippen LogP contribution in [0.3, 0.4) is 0 Å². The number of hydrogen-bond acceptors (Lipinski definition) is 4. The summed E-state index contributed by atoms with van der Waals surface area (Å²) in [6, 6.07) is 9.24. The number of anilines is 1. The van der Waals surface area contributed by atoms with Crippen molar-refractivity contribution >= 4 is 17.3 Å². The van der Waals surface area contributed by atoms with Crippen LogP contribution in [0.1, 0.15) is 15.9 Å². The normalized spacial score (nSPS) is 10.1. The summed E-state index contributed by atoms with van der Waals surface area (Å²) in [5.41, 5.74) is 0.531. The van der Waals surface area contributed by atoms with Crippen LogP contribution in [0.2, 0.25) is 0 Å². The van der Waals surface area contributed by atoms with E-state index < -0.39 is 16.7 Å². The number of carboxylic acid groups (broad SMARTS) is 1. The van der Waals surface area contributed by atoms with E-state index in [1.165, 1.54) is 12.1 Å². The molecule has 0 unspecified atom stereocenters. The summed E-state index contributed by atoms with van der Waals surface area (Å²) < 4.78 is 13.2. The number of rotatable bonds is 5. The summed E-state index contributed by atoms with van der Waals surface area (Å²) in [6.07, 6.45) is 0. The maximum absolute atomic E-state index is 13.2. The molecule has 0 heterocycles. The van der Waals surface area contributed by atoms with Gasteiger partial charge in [0.05, 0.1) is 10.5 Å². The maximum atomic E-state index is 13.2. The Morgan fingerprint density at radius 1 is 1.29 bits per heavy atom. The largest absolute Gasteiger partial charge is 0.478 e. The molecule has 108 valence electrons. The molecule has 0 aliphatic rings. The zero-order chi connectivity index (χ0) is 15.4. The zero-order valence-corrected chi connectivity index (χ0v) is 10.7. The van der Waals surface area contributed by atoms with Crippen LogP contribution in [0.15, 0.2) is 42.5 Å². The first-order valence-electron chi connectivity index (χ1n) is 5.97. The van der Waals surface area contributed by atoms with Crippen LogP contribution in [-0.2, 0) is 6.54 Å². The van der Waals surface area contributed by atoms with Crippen molar-refractivity contribution in [1.82, 2.24) is 0 Å². The number of carbonyl (C=O) groups is 1. The van der Waals surface area contributed by atoms with Crippen molar-refractivity contribution in [3.05, 3.63) is 69.5 Å². The molecule has 2 rings (SSSR count). The van der Waals surface area contributed by atoms with Gasteiger partial charge in [0, 0.05) is 18.7 Å². The number of nitrogens with zero attached hydrogens (tertiary/aromatic N) is 1. The molecule has 2 aromatic carbocycles. The second kappa shape index (κ2) is 6.00. The van der Waals surface area contributed by atoms with E-state index in [1.54, 1.807) is 12.1 Å². The van der Waals surface area contributed by atoms with Crippen molar-refractivity contribution in [2.45, 2.75) is 6.54 Å². The van der Waals surface area contributed by atoms with Crippen molar-refractivity contribution in [3.8, 4) is 0 Å². The number of nitro groups is 1. The number of hydrogen-bond donors (Lipinski definition) is 2. The molecule has 6 nitrogen and oxygen atoms in total. The Morgan fingerprint density at radius 2 is 2.05 bits per heavy atom. The third-order valence-electron chi connectivity index (χ3n) is 2.81. The van der Waals surface area contributed by atoms with Crippen LogP contribution in [0.25, 0.3) is 0 Å². The Bertz CT molecular complexity index is 703. The van der Waals surface area contributed by atoms with Gasteiger partial charge in [-0.05, 0) is 23.8 Å². The molecule has 0 amide bonds. The Labute approximate surface area is 119 Å². The summed E-state index contributed by atoms with van der Waals surface area (Å²) in [7, 11) is 0. The fraction of sp³-hybridized carbons (Fsp3) is 0.0714. The van der Waals surface area contributed by atoms with Gasteiger partial charge >= 0.3 is 5.97 Å². The van der Waals surface area contributed by atoms with E-state index in [2.05, 4.69) is 5.32 Å². The van der Waals surface area contributed by atoms with Gasteiger partial charge in [-0.1, -0.05) is 12.1 Å². The minimum absolute atomic E-state index is 0.0423. The first kappa shape index (κ1) is 14.4. The van der Waals surface area contributed by atoms with Crippen molar-refractivity contribution in [1.29, 1.82) is 0 Å². The van der Waals surface area contributed by atoms with Crippen molar-refractivity contribution < 1.29 is 19.2 Å². The number of nitrogens with one attached hydrogen (secondary N) is 1. The topological polar surface area (TPSA) is 92.5 Å². The monoisotopic (exact) mass is 290 g/mol. The average molecular weight is 290 g/mol. The fourth-order valence-electron chi connectivity index (χ4n) is 1.82. The summed E-state index contributed by atoms with van der Waals surface area (Å²) in [5.74, 6) is -1.66. The maximum Gasteiger partial charge on any atom is 0.335 e. The lowest BCUT2D eigenvalue weighted by Crippen LogP contribution is -2.04. The highest BCUT2D eigenvalue weighted by atomic mass is 19.1. The molecule has 0 fully saturated rings. The molecular formula is C14H11FN2O4. The van der Waals surface area contributed by atoms with Gasteiger partial charge in [0.15, 0.2) is 0 Å². The predicted molar refractivity (Wildman–Crippen MR) is 73.8 cm³/mol. The first-order valence-corrected chi connectivity index (χ1v) is 5.97. The van der Waals surface area contributed by atoms with E-state index in [9.17, 15) is 19.3 Å². The molecule has 0 aliphatic heterocycles. The highest BCUT2D eigenvalue weighted by Gasteiger charge is 2.14. The molecule has 0 spiro atoms. The lowest BCUT2D eigenvalue weighted by molar-refractivity contribution is -0.384. The van der Waals surface area contributed by atoms with E-state index in [4.69, 9.17) is 5.11 Å². The van der Waals surface area contributed by atoms with Crippen molar-refractivity contribution in [3.63, 3.8) is 0 Å². The Hall–Kier alpha value is -2.96. The van der Waals surface area contributed by atoms with E-state index in [0.29, 0.717) is 5.56 Å². The van der Waals surface area contributed by atoms with Gasteiger partial charge in [-0.2, -0.15) is 0 Å². The predicted octanol–water partition coefficient (Wildman–Crippen LogP) is 3.04. The molecule has 0 aromatic heterocycles. The number of aromatic carboxylic acids is 1. The number of halogens is 1. The molecule has 0 saturated heterocycles. The molecule has 2 aromatic rings. The number of benzene rings is 2. The molecule has 0 bridgehead atoms. The van der Waals surface area contributed by atoms with Gasteiger partial charge in [-0.25, -0.2) is 9.18 Å². The van der Waals surface area contributed by atoms with E-state index >= 15 is 0 Å². The average Bonchev–Trinajstić information content (AvgIpc) is 2.45. The van der Waals surface area contributed by atoms with Crippen LogP contribution in [0.4, 0.5) is 15.8 Å². The van der Waals surface area contributed by atoms with E-state index in [1.807, 2.05) is 0 Å². The van der Waals surface area contributed by atoms with Crippen LogP contribution in [0, 0.1) is 15.9 Å². The van der Waals surface area contributed by atoms with Crippen LogP contribution in [0.5, 0.6) is 0 Å². The summed E-state index contributed by atoms with van der Waals surface area (Å²) in [5, 5.41) is 22.5. The lowest BCUT2D eigenvalue weighted by Gasteiger charge is -2.08. The Balaban J connectivity index is 2.20. The number of carboxylic acids is 1. The minimum Gasteiger partial charge on any atom is -0.478 e. The Morgan fingerprint density at radius 3 is 2.71 bits per heavy atom. The molecule has 0 saturated carbocycles. The zero-order valence-electron chi connectivity index (χ0n) is 10.7. The Kier molecular flexibility index (Phi) is 4.13. The molecule has 0 radical (unpaired) electrons. The molecule has 0 atom stereocenters. The highest BCUT2D eigenvalue weighted by molar-refractivity contribution is 5.87. The molecular weight excluding hydrogens is 279 g/mol. The summed E-state index contributed by atoms with van der Waals surface area (Å²) >= 11 is 0. The van der Waals surface area contributed by atoms with Crippen molar-refractivity contribution in [2.75, 3.05) is 5.32 Å². The third kappa shape index (κ3) is 3.53. The van der Waals surface area contributed by atoms with Crippen LogP contribution >= 0.6 is 0 Å². The van der Waals surface area contributed by atoms with Gasteiger partial charge < -0.3 is 10.4 Å². The highest BCUT2D eigenvalue weighted by Crippen LogP contribution is 2.25. The quantitative estimate of drug-likeness (QED) is 0.652. The van der Waals surface area contributed by atoms with Gasteiger partial charge in [-0.15, -0.1) is 0 Å². The standard InChI is InChI=1S/C14H11FN2O4/c15-11-4-5-13(17(20)21)12(7-11)16-8-9-2-1-3-10(6-9)14(18)19/h1-7,16H,8H2,(H,18,19). The summed E-state index contributed by atoms with van der Waals surface area (Å²) in [6.45, 7) is 0.144. The second-order valence-corrected chi connectivity index (χ2v) is 4.28. The van der Waals surface area contributed by atoms with Gasteiger partial charge in [-0.3, -0.25) is 10.1 Å². The molecule has 7 heteroatoms. The SMILES string of the molecule is O=C(O)c1cccc(CNc2cc(F)ccc2[N+](=O)[O-])c1. The van der Waals surface area contributed by atoms with Crippen LogP contribution < -0.4 is 5.32 Å². The van der Waals surface area contributed by atoms with Gasteiger partial charge in [0.2, 0.25) is 0 Å². The minimum atomic E-state index is -1.06. The number of nitro benzene ring substituents is 1. The summed E-state index contributed by atoms with van der Waals surface area (Å²) in [4.78, 5) is 21.1. The van der Waals surface area contributed by atoms with Gasteiger partial charge in [0.1, 0.15) is 11.5 Å². The van der Waals surface area contributed by atoms with Crippen molar-refractivity contribution in [2.24, 2.45) is 0 Å². The molecule has 0 aliphatic carbocycles. The van der Waals surface area contributed by atoms with Crippen LogP contribution in [-0.4, -0.2) is 16.0 Å². The lowest BCUT2D eigenvalue weighted by atomic mass is 10.1. The fourth-order valence-corrected chi connectivity index (χ4v) is 1.82. The third-order valence-corrected chi connectivity index (χ3v) is 2.81. The van der Waals surface area contributed by atoms with Gasteiger partial charge in [0.25, 0.3) is 5.69 Å².